The standard InChI is InChI=1S/C18H15FN2OS/c1-2-13-5-3-4-6-15(13)20-18-21-17(22)16(23-18)11-12-7-9-14(19)10-8-12/h3-11H,2H2,1H3,(H,20,21,22)/b16-11-. The molecule has 1 heterocycles. The molecule has 3 nitrogen and oxygen atoms in total. The van der Waals surface area contributed by atoms with Crippen LogP contribution in [0.3, 0.4) is 0 Å². The molecule has 1 aliphatic heterocycles. The normalized spacial score (nSPS) is 17.7. The van der Waals surface area contributed by atoms with Crippen molar-refractivity contribution < 1.29 is 9.18 Å². The summed E-state index contributed by atoms with van der Waals surface area (Å²) in [6.45, 7) is 2.07. The van der Waals surface area contributed by atoms with Gasteiger partial charge in [0.15, 0.2) is 5.17 Å². The second kappa shape index (κ2) is 6.79. The van der Waals surface area contributed by atoms with E-state index in [1.54, 1.807) is 18.2 Å². The summed E-state index contributed by atoms with van der Waals surface area (Å²) in [5, 5.41) is 3.33. The van der Waals surface area contributed by atoms with E-state index in [9.17, 15) is 9.18 Å². The highest BCUT2D eigenvalue weighted by Gasteiger charge is 2.23. The second-order valence-corrected chi connectivity index (χ2v) is 6.05. The largest absolute Gasteiger partial charge is 0.300 e. The van der Waals surface area contributed by atoms with Crippen molar-refractivity contribution in [3.05, 3.63) is 70.4 Å². The highest BCUT2D eigenvalue weighted by Crippen LogP contribution is 2.29. The van der Waals surface area contributed by atoms with Crippen LogP contribution in [0.15, 0.2) is 58.4 Å². The molecule has 23 heavy (non-hydrogen) atoms. The molecule has 0 saturated carbocycles. The van der Waals surface area contributed by atoms with Crippen LogP contribution in [0.5, 0.6) is 0 Å². The van der Waals surface area contributed by atoms with E-state index in [0.717, 1.165) is 23.2 Å². The predicted octanol–water partition coefficient (Wildman–Crippen LogP) is 4.28. The summed E-state index contributed by atoms with van der Waals surface area (Å²) in [7, 11) is 0. The van der Waals surface area contributed by atoms with Crippen molar-refractivity contribution in [2.75, 3.05) is 0 Å². The van der Waals surface area contributed by atoms with Gasteiger partial charge in [0.25, 0.3) is 5.91 Å². The first kappa shape index (κ1) is 15.5. The molecule has 1 aliphatic rings. The second-order valence-electron chi connectivity index (χ2n) is 5.02. The van der Waals surface area contributed by atoms with E-state index in [2.05, 4.69) is 17.2 Å². The van der Waals surface area contributed by atoms with Crippen LogP contribution in [0.25, 0.3) is 6.08 Å². The lowest BCUT2D eigenvalue weighted by molar-refractivity contribution is -0.115. The Morgan fingerprint density at radius 1 is 1.17 bits per heavy atom. The minimum atomic E-state index is -0.297. The van der Waals surface area contributed by atoms with E-state index in [4.69, 9.17) is 0 Å². The van der Waals surface area contributed by atoms with Crippen molar-refractivity contribution in [2.45, 2.75) is 13.3 Å². The van der Waals surface area contributed by atoms with Crippen molar-refractivity contribution in [3.8, 4) is 0 Å². The van der Waals surface area contributed by atoms with Gasteiger partial charge in [0, 0.05) is 0 Å². The fraction of sp³-hybridized carbons (Fsp3) is 0.111. The fourth-order valence-electron chi connectivity index (χ4n) is 2.22. The maximum absolute atomic E-state index is 12.9. The molecule has 1 N–H and O–H groups in total. The maximum atomic E-state index is 12.9. The molecule has 2 aromatic rings. The van der Waals surface area contributed by atoms with Crippen molar-refractivity contribution in [2.24, 2.45) is 4.99 Å². The van der Waals surface area contributed by atoms with Gasteiger partial charge in [-0.2, -0.15) is 0 Å². The number of halogens is 1. The summed E-state index contributed by atoms with van der Waals surface area (Å²) in [5.41, 5.74) is 2.77. The SMILES string of the molecule is CCc1ccccc1N=C1NC(=O)/C(=C/c2ccc(F)cc2)S1. The third-order valence-electron chi connectivity index (χ3n) is 3.41. The Kier molecular flexibility index (Phi) is 4.57. The maximum Gasteiger partial charge on any atom is 0.264 e. The van der Waals surface area contributed by atoms with E-state index >= 15 is 0 Å². The van der Waals surface area contributed by atoms with Crippen molar-refractivity contribution in [1.82, 2.24) is 5.32 Å². The molecule has 0 spiro atoms. The number of thioether (sulfide) groups is 1. The molecule has 2 aromatic carbocycles. The Morgan fingerprint density at radius 2 is 1.91 bits per heavy atom. The molecule has 1 fully saturated rings. The smallest absolute Gasteiger partial charge is 0.264 e. The average Bonchev–Trinajstić information content (AvgIpc) is 2.89. The monoisotopic (exact) mass is 326 g/mol. The molecular formula is C18H15FN2OS. The van der Waals surface area contributed by atoms with Gasteiger partial charge in [-0.1, -0.05) is 37.3 Å². The van der Waals surface area contributed by atoms with Crippen molar-refractivity contribution in [1.29, 1.82) is 0 Å². The highest BCUT2D eigenvalue weighted by molar-refractivity contribution is 8.18. The van der Waals surface area contributed by atoms with Crippen molar-refractivity contribution in [3.63, 3.8) is 0 Å². The number of aryl methyl sites for hydroxylation is 1. The number of hydrogen-bond acceptors (Lipinski definition) is 3. The molecule has 1 amide bonds. The first-order valence-corrected chi connectivity index (χ1v) is 8.10. The first-order valence-electron chi connectivity index (χ1n) is 7.29. The lowest BCUT2D eigenvalue weighted by Crippen LogP contribution is -2.19. The van der Waals surface area contributed by atoms with Gasteiger partial charge in [-0.15, -0.1) is 0 Å². The molecule has 0 radical (unpaired) electrons. The van der Waals surface area contributed by atoms with E-state index in [1.165, 1.54) is 23.9 Å². The highest BCUT2D eigenvalue weighted by atomic mass is 32.2. The average molecular weight is 326 g/mol. The summed E-state index contributed by atoms with van der Waals surface area (Å²) in [4.78, 5) is 17.1. The molecule has 0 bridgehead atoms. The van der Waals surface area contributed by atoms with Gasteiger partial charge in [-0.25, -0.2) is 9.38 Å². The lowest BCUT2D eigenvalue weighted by atomic mass is 10.1. The number of carbonyl (C=O) groups excluding carboxylic acids is 1. The van der Waals surface area contributed by atoms with Crippen LogP contribution in [0.1, 0.15) is 18.1 Å². The van der Waals surface area contributed by atoms with Gasteiger partial charge in [-0.3, -0.25) is 4.79 Å². The van der Waals surface area contributed by atoms with Crippen LogP contribution < -0.4 is 5.32 Å². The van der Waals surface area contributed by atoms with Crippen LogP contribution in [-0.4, -0.2) is 11.1 Å². The Labute approximate surface area is 138 Å². The third-order valence-corrected chi connectivity index (χ3v) is 4.32. The van der Waals surface area contributed by atoms with Crippen molar-refractivity contribution >= 4 is 34.6 Å². The Balaban J connectivity index is 1.84. The zero-order chi connectivity index (χ0) is 16.2. The number of amides is 1. The molecule has 116 valence electrons. The number of carbonyl (C=O) groups is 1. The minimum Gasteiger partial charge on any atom is -0.300 e. The van der Waals surface area contributed by atoms with Gasteiger partial charge in [-0.05, 0) is 53.6 Å². The lowest BCUT2D eigenvalue weighted by Gasteiger charge is -2.02. The summed E-state index contributed by atoms with van der Waals surface area (Å²) in [5.74, 6) is -0.485. The number of aliphatic imine (C=N–C) groups is 1. The van der Waals surface area contributed by atoms with Crippen LogP contribution in [0, 0.1) is 5.82 Å². The molecule has 0 unspecified atom stereocenters. The Morgan fingerprint density at radius 3 is 2.65 bits per heavy atom. The summed E-state index contributed by atoms with van der Waals surface area (Å²) in [6, 6.07) is 13.9. The third kappa shape index (κ3) is 3.68. The van der Waals surface area contributed by atoms with Crippen LogP contribution in [0.4, 0.5) is 10.1 Å². The van der Waals surface area contributed by atoms with E-state index < -0.39 is 0 Å². The summed E-state index contributed by atoms with van der Waals surface area (Å²) in [6.07, 6.45) is 2.61. The minimum absolute atomic E-state index is 0.188. The zero-order valence-electron chi connectivity index (χ0n) is 12.5. The number of hydrogen-bond donors (Lipinski definition) is 1. The number of amidine groups is 1. The molecule has 0 atom stereocenters. The van der Waals surface area contributed by atoms with E-state index in [0.29, 0.717) is 10.1 Å². The Hall–Kier alpha value is -2.40. The zero-order valence-corrected chi connectivity index (χ0v) is 13.4. The molecule has 5 heteroatoms. The molecule has 1 saturated heterocycles. The molecule has 3 rings (SSSR count). The number of nitrogens with one attached hydrogen (secondary N) is 1. The fourth-order valence-corrected chi connectivity index (χ4v) is 3.05. The predicted molar refractivity (Wildman–Crippen MR) is 93.0 cm³/mol. The quantitative estimate of drug-likeness (QED) is 0.855. The van der Waals surface area contributed by atoms with Crippen LogP contribution in [0.2, 0.25) is 0 Å². The number of benzene rings is 2. The number of nitrogens with zero attached hydrogens (tertiary/aromatic N) is 1. The van der Waals surface area contributed by atoms with Crippen LogP contribution in [-0.2, 0) is 11.2 Å². The molecule has 0 aliphatic carbocycles. The number of para-hydroxylation sites is 1. The van der Waals surface area contributed by atoms with Gasteiger partial charge in [0.2, 0.25) is 0 Å². The summed E-state index contributed by atoms with van der Waals surface area (Å²) >= 11 is 1.29. The topological polar surface area (TPSA) is 41.5 Å². The van der Waals surface area contributed by atoms with Crippen LogP contribution >= 0.6 is 11.8 Å². The van der Waals surface area contributed by atoms with E-state index in [-0.39, 0.29) is 11.7 Å². The van der Waals surface area contributed by atoms with E-state index in [1.807, 2.05) is 24.3 Å². The summed E-state index contributed by atoms with van der Waals surface area (Å²) < 4.78 is 12.9. The van der Waals surface area contributed by atoms with Gasteiger partial charge >= 0.3 is 0 Å². The molecular weight excluding hydrogens is 311 g/mol. The molecule has 0 aromatic heterocycles. The van der Waals surface area contributed by atoms with Gasteiger partial charge < -0.3 is 5.32 Å². The first-order chi connectivity index (χ1) is 11.2. The Bertz CT molecular complexity index is 797. The van der Waals surface area contributed by atoms with Gasteiger partial charge in [0.05, 0.1) is 10.6 Å². The number of rotatable bonds is 3. The van der Waals surface area contributed by atoms with Gasteiger partial charge in [0.1, 0.15) is 5.82 Å².